The lowest BCUT2D eigenvalue weighted by atomic mass is 10.2. The molecule has 2 amide bonds. The van der Waals surface area contributed by atoms with Crippen molar-refractivity contribution in [2.24, 2.45) is 0 Å². The maximum atomic E-state index is 11.8. The van der Waals surface area contributed by atoms with Gasteiger partial charge in [0.05, 0.1) is 6.54 Å². The Kier molecular flexibility index (Phi) is 5.45. The van der Waals surface area contributed by atoms with Crippen LogP contribution < -0.4 is 10.6 Å². The summed E-state index contributed by atoms with van der Waals surface area (Å²) in [5.41, 5.74) is 1.46. The normalized spacial score (nSPS) is 9.95. The molecule has 2 rings (SSSR count). The van der Waals surface area contributed by atoms with E-state index in [0.717, 1.165) is 5.56 Å². The predicted octanol–water partition coefficient (Wildman–Crippen LogP) is 1.89. The first-order valence-electron chi connectivity index (χ1n) is 6.35. The van der Waals surface area contributed by atoms with Crippen LogP contribution in [-0.2, 0) is 11.3 Å². The molecule has 0 bridgehead atoms. The minimum Gasteiger partial charge on any atom is -0.350 e. The van der Waals surface area contributed by atoms with Gasteiger partial charge in [0.1, 0.15) is 4.60 Å². The number of nitrogens with zero attached hydrogens (tertiary/aromatic N) is 1. The van der Waals surface area contributed by atoms with Crippen LogP contribution in [0.2, 0.25) is 0 Å². The molecular weight excluding hydrogens is 334 g/mol. The Hall–Kier alpha value is -2.21. The molecule has 108 valence electrons. The van der Waals surface area contributed by atoms with Crippen LogP contribution in [0.3, 0.4) is 0 Å². The fourth-order valence-corrected chi connectivity index (χ4v) is 2.03. The van der Waals surface area contributed by atoms with E-state index in [2.05, 4.69) is 31.5 Å². The number of hydrogen-bond acceptors (Lipinski definition) is 3. The van der Waals surface area contributed by atoms with Crippen LogP contribution >= 0.6 is 15.9 Å². The number of carbonyl (C=O) groups is 2. The monoisotopic (exact) mass is 347 g/mol. The third-order valence-corrected chi connectivity index (χ3v) is 3.16. The Bertz CT molecular complexity index is 632. The van der Waals surface area contributed by atoms with E-state index in [0.29, 0.717) is 16.7 Å². The van der Waals surface area contributed by atoms with Gasteiger partial charge in [-0.3, -0.25) is 9.59 Å². The summed E-state index contributed by atoms with van der Waals surface area (Å²) in [4.78, 5) is 27.4. The number of halogens is 1. The standard InChI is InChI=1S/C15H14BrN3O2/c16-13-8-12(6-7-17-13)15(21)19-10-14(20)18-9-11-4-2-1-3-5-11/h1-8H,9-10H2,(H,18,20)(H,19,21). The summed E-state index contributed by atoms with van der Waals surface area (Å²) in [5.74, 6) is -0.548. The molecule has 0 aliphatic carbocycles. The van der Waals surface area contributed by atoms with E-state index in [1.807, 2.05) is 30.3 Å². The first kappa shape index (κ1) is 15.2. The van der Waals surface area contributed by atoms with Crippen molar-refractivity contribution in [2.45, 2.75) is 6.54 Å². The van der Waals surface area contributed by atoms with Gasteiger partial charge in [-0.1, -0.05) is 30.3 Å². The van der Waals surface area contributed by atoms with Crippen molar-refractivity contribution in [1.29, 1.82) is 0 Å². The predicted molar refractivity (Wildman–Crippen MR) is 82.6 cm³/mol. The van der Waals surface area contributed by atoms with E-state index in [-0.39, 0.29) is 18.4 Å². The Morgan fingerprint density at radius 3 is 2.57 bits per heavy atom. The van der Waals surface area contributed by atoms with Gasteiger partial charge in [0, 0.05) is 18.3 Å². The molecule has 1 aromatic carbocycles. The summed E-state index contributed by atoms with van der Waals surface area (Å²) in [6.45, 7) is 0.377. The van der Waals surface area contributed by atoms with Gasteiger partial charge in [-0.2, -0.15) is 0 Å². The van der Waals surface area contributed by atoms with Crippen molar-refractivity contribution in [1.82, 2.24) is 15.6 Å². The fraction of sp³-hybridized carbons (Fsp3) is 0.133. The number of benzene rings is 1. The second-order valence-electron chi connectivity index (χ2n) is 4.31. The number of aromatic nitrogens is 1. The summed E-state index contributed by atoms with van der Waals surface area (Å²) in [6, 6.07) is 12.8. The van der Waals surface area contributed by atoms with Gasteiger partial charge >= 0.3 is 0 Å². The van der Waals surface area contributed by atoms with Gasteiger partial charge in [-0.25, -0.2) is 4.98 Å². The largest absolute Gasteiger partial charge is 0.350 e. The molecule has 0 saturated heterocycles. The molecule has 0 spiro atoms. The van der Waals surface area contributed by atoms with Crippen LogP contribution in [0, 0.1) is 0 Å². The van der Waals surface area contributed by atoms with Gasteiger partial charge in [0.25, 0.3) is 5.91 Å². The Morgan fingerprint density at radius 2 is 1.86 bits per heavy atom. The van der Waals surface area contributed by atoms with Crippen LogP contribution in [0.4, 0.5) is 0 Å². The third-order valence-electron chi connectivity index (χ3n) is 2.73. The molecule has 2 aromatic rings. The summed E-state index contributed by atoms with van der Waals surface area (Å²) < 4.78 is 0.573. The number of hydrogen-bond donors (Lipinski definition) is 2. The van der Waals surface area contributed by atoms with Crippen molar-refractivity contribution in [3.8, 4) is 0 Å². The number of amides is 2. The molecule has 0 saturated carbocycles. The van der Waals surface area contributed by atoms with Crippen molar-refractivity contribution >= 4 is 27.7 Å². The van der Waals surface area contributed by atoms with Gasteiger partial charge in [0.15, 0.2) is 0 Å². The number of rotatable bonds is 5. The molecule has 0 radical (unpaired) electrons. The molecule has 0 aliphatic rings. The zero-order valence-electron chi connectivity index (χ0n) is 11.2. The number of carbonyl (C=O) groups excluding carboxylic acids is 2. The minimum absolute atomic E-state index is 0.0639. The average molecular weight is 348 g/mol. The van der Waals surface area contributed by atoms with Gasteiger partial charge < -0.3 is 10.6 Å². The molecule has 5 nitrogen and oxygen atoms in total. The lowest BCUT2D eigenvalue weighted by molar-refractivity contribution is -0.120. The quantitative estimate of drug-likeness (QED) is 0.811. The van der Waals surface area contributed by atoms with Crippen molar-refractivity contribution < 1.29 is 9.59 Å². The van der Waals surface area contributed by atoms with Crippen LogP contribution in [0.1, 0.15) is 15.9 Å². The molecule has 0 unspecified atom stereocenters. The zero-order valence-corrected chi connectivity index (χ0v) is 12.8. The first-order chi connectivity index (χ1) is 10.1. The van der Waals surface area contributed by atoms with Gasteiger partial charge in [0.2, 0.25) is 5.91 Å². The Labute approximate surface area is 130 Å². The van der Waals surface area contributed by atoms with Gasteiger partial charge in [-0.05, 0) is 33.6 Å². The van der Waals surface area contributed by atoms with E-state index in [1.54, 1.807) is 12.1 Å². The number of nitrogens with one attached hydrogen (secondary N) is 2. The van der Waals surface area contributed by atoms with E-state index in [1.165, 1.54) is 6.20 Å². The van der Waals surface area contributed by atoms with E-state index in [4.69, 9.17) is 0 Å². The highest BCUT2D eigenvalue weighted by Gasteiger charge is 2.08. The lowest BCUT2D eigenvalue weighted by Gasteiger charge is -2.07. The minimum atomic E-state index is -0.312. The Morgan fingerprint density at radius 1 is 1.10 bits per heavy atom. The third kappa shape index (κ3) is 5.00. The number of pyridine rings is 1. The fourth-order valence-electron chi connectivity index (χ4n) is 1.67. The maximum absolute atomic E-state index is 11.8. The smallest absolute Gasteiger partial charge is 0.251 e. The molecule has 1 aromatic heterocycles. The van der Waals surface area contributed by atoms with Crippen LogP contribution in [0.15, 0.2) is 53.3 Å². The second-order valence-corrected chi connectivity index (χ2v) is 5.12. The topological polar surface area (TPSA) is 71.1 Å². The summed E-state index contributed by atoms with van der Waals surface area (Å²) in [5, 5.41) is 5.30. The van der Waals surface area contributed by atoms with E-state index >= 15 is 0 Å². The highest BCUT2D eigenvalue weighted by Crippen LogP contribution is 2.07. The van der Waals surface area contributed by atoms with Crippen LogP contribution in [0.25, 0.3) is 0 Å². The van der Waals surface area contributed by atoms with Crippen LogP contribution in [0.5, 0.6) is 0 Å². The molecule has 0 atom stereocenters. The van der Waals surface area contributed by atoms with Crippen molar-refractivity contribution in [2.75, 3.05) is 6.54 Å². The van der Waals surface area contributed by atoms with E-state index in [9.17, 15) is 9.59 Å². The molecule has 6 heteroatoms. The molecule has 1 heterocycles. The highest BCUT2D eigenvalue weighted by atomic mass is 79.9. The molecule has 21 heavy (non-hydrogen) atoms. The molecule has 0 fully saturated rings. The summed E-state index contributed by atoms with van der Waals surface area (Å²) >= 11 is 3.19. The Balaban J connectivity index is 1.77. The van der Waals surface area contributed by atoms with Crippen molar-refractivity contribution in [3.63, 3.8) is 0 Å². The summed E-state index contributed by atoms with van der Waals surface area (Å²) in [7, 11) is 0. The van der Waals surface area contributed by atoms with Crippen molar-refractivity contribution in [3.05, 3.63) is 64.4 Å². The maximum Gasteiger partial charge on any atom is 0.251 e. The lowest BCUT2D eigenvalue weighted by Crippen LogP contribution is -2.36. The average Bonchev–Trinajstić information content (AvgIpc) is 2.51. The zero-order chi connectivity index (χ0) is 15.1. The summed E-state index contributed by atoms with van der Waals surface area (Å²) in [6.07, 6.45) is 1.52. The molecule has 2 N–H and O–H groups in total. The second kappa shape index (κ2) is 7.54. The van der Waals surface area contributed by atoms with E-state index < -0.39 is 0 Å². The molecule has 0 aliphatic heterocycles. The first-order valence-corrected chi connectivity index (χ1v) is 7.15. The van der Waals surface area contributed by atoms with Crippen LogP contribution in [-0.4, -0.2) is 23.3 Å². The highest BCUT2D eigenvalue weighted by molar-refractivity contribution is 9.10. The van der Waals surface area contributed by atoms with Gasteiger partial charge in [-0.15, -0.1) is 0 Å². The molecular formula is C15H14BrN3O2. The SMILES string of the molecule is O=C(CNC(=O)c1ccnc(Br)c1)NCc1ccccc1.